The first kappa shape index (κ1) is 18.3. The first-order valence-corrected chi connectivity index (χ1v) is 9.95. The highest BCUT2D eigenvalue weighted by atomic mass is 32.2. The lowest BCUT2D eigenvalue weighted by atomic mass is 10.1. The lowest BCUT2D eigenvalue weighted by Crippen LogP contribution is -2.46. The molecule has 1 aromatic carbocycles. The van der Waals surface area contributed by atoms with E-state index in [4.69, 9.17) is 4.52 Å². The van der Waals surface area contributed by atoms with Crippen molar-refractivity contribution in [3.05, 3.63) is 47.9 Å². The summed E-state index contributed by atoms with van der Waals surface area (Å²) >= 11 is 0. The van der Waals surface area contributed by atoms with E-state index >= 15 is 0 Å². The maximum atomic E-state index is 12.5. The lowest BCUT2D eigenvalue weighted by Gasteiger charge is -2.22. The summed E-state index contributed by atoms with van der Waals surface area (Å²) in [5.41, 5.74) is 1.86. The molecule has 0 spiro atoms. The molecule has 0 fully saturated rings. The molecule has 0 saturated carbocycles. The Bertz CT molecular complexity index is 951. The molecule has 3 rings (SSSR count). The maximum absolute atomic E-state index is 12.5. The van der Waals surface area contributed by atoms with E-state index in [1.165, 1.54) is 0 Å². The van der Waals surface area contributed by atoms with Crippen LogP contribution in [0.1, 0.15) is 24.4 Å². The highest BCUT2D eigenvalue weighted by Crippen LogP contribution is 2.22. The number of carbonyl (C=O) groups excluding carboxylic acids is 1. The molecule has 2 aromatic rings. The van der Waals surface area contributed by atoms with E-state index in [1.807, 2.05) is 31.2 Å². The predicted molar refractivity (Wildman–Crippen MR) is 95.5 cm³/mol. The number of carbonyl (C=O) groups is 1. The number of benzene rings is 1. The van der Waals surface area contributed by atoms with Crippen molar-refractivity contribution in [2.45, 2.75) is 25.9 Å². The Morgan fingerprint density at radius 1 is 1.38 bits per heavy atom. The van der Waals surface area contributed by atoms with Gasteiger partial charge in [-0.05, 0) is 19.4 Å². The van der Waals surface area contributed by atoms with E-state index in [2.05, 4.69) is 15.5 Å². The molecule has 138 valence electrons. The number of rotatable bonds is 5. The Balaban J connectivity index is 1.73. The lowest BCUT2D eigenvalue weighted by molar-refractivity contribution is -0.124. The number of nitrogens with one attached hydrogen (secondary N) is 1. The molecule has 1 amide bonds. The van der Waals surface area contributed by atoms with Gasteiger partial charge in [-0.15, -0.1) is 0 Å². The highest BCUT2D eigenvalue weighted by Gasteiger charge is 2.34. The minimum Gasteiger partial charge on any atom is -0.343 e. The molecule has 26 heavy (non-hydrogen) atoms. The fourth-order valence-corrected chi connectivity index (χ4v) is 3.70. The molecule has 0 bridgehead atoms. The third-order valence-electron chi connectivity index (χ3n) is 4.17. The molecule has 2 atom stereocenters. The van der Waals surface area contributed by atoms with Gasteiger partial charge < -0.3 is 9.84 Å². The summed E-state index contributed by atoms with van der Waals surface area (Å²) in [6, 6.07) is 6.22. The average molecular weight is 376 g/mol. The normalized spacial score (nSPS) is 18.8. The van der Waals surface area contributed by atoms with Gasteiger partial charge in [0.2, 0.25) is 27.6 Å². The standard InChI is InChI=1S/C17H20N4O4S/c1-11-7-4-5-8-13(11)15-19-17(25-20-15)12(2)18-16(22)14-9-6-10-21(14)26(3,23)24/h4-9,12,14H,10H2,1-3H3,(H,18,22)/t12-,14+/m1/s1. The molecular formula is C17H20N4O4S. The van der Waals surface area contributed by atoms with Gasteiger partial charge in [-0.2, -0.15) is 9.29 Å². The Kier molecular flexibility index (Phi) is 4.92. The summed E-state index contributed by atoms with van der Waals surface area (Å²) in [5, 5.41) is 6.70. The summed E-state index contributed by atoms with van der Waals surface area (Å²) in [7, 11) is -3.48. The van der Waals surface area contributed by atoms with Crippen molar-refractivity contribution in [1.82, 2.24) is 19.8 Å². The Morgan fingerprint density at radius 3 is 2.81 bits per heavy atom. The van der Waals surface area contributed by atoms with Crippen LogP contribution in [0.3, 0.4) is 0 Å². The van der Waals surface area contributed by atoms with Crippen LogP contribution >= 0.6 is 0 Å². The van der Waals surface area contributed by atoms with Crippen LogP contribution in [0.15, 0.2) is 40.9 Å². The Labute approximate surface area is 151 Å². The van der Waals surface area contributed by atoms with Crippen molar-refractivity contribution in [2.75, 3.05) is 12.8 Å². The van der Waals surface area contributed by atoms with Crippen LogP contribution in [0.2, 0.25) is 0 Å². The third kappa shape index (κ3) is 3.68. The Morgan fingerprint density at radius 2 is 2.12 bits per heavy atom. The smallest absolute Gasteiger partial charge is 0.249 e. The number of hydrogen-bond donors (Lipinski definition) is 1. The zero-order valence-corrected chi connectivity index (χ0v) is 15.5. The second-order valence-corrected chi connectivity index (χ2v) is 8.14. The van der Waals surface area contributed by atoms with Crippen LogP contribution in [0.25, 0.3) is 11.4 Å². The summed E-state index contributed by atoms with van der Waals surface area (Å²) in [6.45, 7) is 3.84. The molecule has 8 nitrogen and oxygen atoms in total. The van der Waals surface area contributed by atoms with Crippen LogP contribution in [0.5, 0.6) is 0 Å². The predicted octanol–water partition coefficient (Wildman–Crippen LogP) is 1.42. The van der Waals surface area contributed by atoms with Gasteiger partial charge in [-0.1, -0.05) is 41.6 Å². The summed E-state index contributed by atoms with van der Waals surface area (Å²) in [4.78, 5) is 16.8. The number of nitrogens with zero attached hydrogens (tertiary/aromatic N) is 3. The molecule has 1 aromatic heterocycles. The van der Waals surface area contributed by atoms with Crippen LogP contribution in [0.4, 0.5) is 0 Å². The molecule has 0 radical (unpaired) electrons. The first-order chi connectivity index (χ1) is 12.3. The number of amides is 1. The molecule has 0 unspecified atom stereocenters. The minimum absolute atomic E-state index is 0.184. The molecular weight excluding hydrogens is 356 g/mol. The van der Waals surface area contributed by atoms with Crippen LogP contribution in [0, 0.1) is 6.92 Å². The monoisotopic (exact) mass is 376 g/mol. The van der Waals surface area contributed by atoms with Crippen molar-refractivity contribution in [2.24, 2.45) is 0 Å². The summed E-state index contributed by atoms with van der Waals surface area (Å²) < 4.78 is 29.9. The van der Waals surface area contributed by atoms with Crippen LogP contribution in [-0.2, 0) is 14.8 Å². The molecule has 9 heteroatoms. The van der Waals surface area contributed by atoms with Gasteiger partial charge in [-0.25, -0.2) is 8.42 Å². The molecule has 0 aliphatic carbocycles. The van der Waals surface area contributed by atoms with Crippen molar-refractivity contribution in [1.29, 1.82) is 0 Å². The van der Waals surface area contributed by atoms with Gasteiger partial charge in [0.1, 0.15) is 12.1 Å². The van der Waals surface area contributed by atoms with Gasteiger partial charge in [-0.3, -0.25) is 4.79 Å². The zero-order valence-electron chi connectivity index (χ0n) is 14.7. The summed E-state index contributed by atoms with van der Waals surface area (Å²) in [5.74, 6) is 0.259. The van der Waals surface area contributed by atoms with Crippen molar-refractivity contribution >= 4 is 15.9 Å². The van der Waals surface area contributed by atoms with Crippen LogP contribution in [-0.4, -0.2) is 47.6 Å². The zero-order chi connectivity index (χ0) is 18.9. The summed E-state index contributed by atoms with van der Waals surface area (Å²) in [6.07, 6.45) is 4.30. The van der Waals surface area contributed by atoms with E-state index in [1.54, 1.807) is 19.1 Å². The minimum atomic E-state index is -3.48. The van der Waals surface area contributed by atoms with Gasteiger partial charge >= 0.3 is 0 Å². The average Bonchev–Trinajstić information content (AvgIpc) is 3.24. The third-order valence-corrected chi connectivity index (χ3v) is 5.39. The van der Waals surface area contributed by atoms with Crippen molar-refractivity contribution < 1.29 is 17.7 Å². The molecule has 0 saturated heterocycles. The second-order valence-electron chi connectivity index (χ2n) is 6.21. The molecule has 1 aliphatic rings. The fourth-order valence-electron chi connectivity index (χ4n) is 2.77. The number of aryl methyl sites for hydroxylation is 1. The number of hydrogen-bond acceptors (Lipinski definition) is 6. The van der Waals surface area contributed by atoms with E-state index in [0.29, 0.717) is 5.82 Å². The largest absolute Gasteiger partial charge is 0.343 e. The van der Waals surface area contributed by atoms with Crippen molar-refractivity contribution in [3.63, 3.8) is 0 Å². The second kappa shape index (κ2) is 7.00. The number of sulfonamides is 1. The quantitative estimate of drug-likeness (QED) is 0.791. The first-order valence-electron chi connectivity index (χ1n) is 8.11. The highest BCUT2D eigenvalue weighted by molar-refractivity contribution is 7.88. The van der Waals surface area contributed by atoms with E-state index in [9.17, 15) is 13.2 Å². The van der Waals surface area contributed by atoms with Crippen LogP contribution < -0.4 is 5.32 Å². The topological polar surface area (TPSA) is 105 Å². The van der Waals surface area contributed by atoms with Gasteiger partial charge in [0.15, 0.2) is 0 Å². The van der Waals surface area contributed by atoms with E-state index in [-0.39, 0.29) is 12.4 Å². The van der Waals surface area contributed by atoms with Gasteiger partial charge in [0, 0.05) is 12.1 Å². The number of aromatic nitrogens is 2. The molecule has 1 aliphatic heterocycles. The van der Waals surface area contributed by atoms with Gasteiger partial charge in [0.25, 0.3) is 0 Å². The Hall–Kier alpha value is -2.52. The molecule has 1 N–H and O–H groups in total. The molecule has 2 heterocycles. The SMILES string of the molecule is Cc1ccccc1-c1noc([C@@H](C)NC(=O)[C@@H]2C=CCN2S(C)(=O)=O)n1. The van der Waals surface area contributed by atoms with E-state index < -0.39 is 28.0 Å². The maximum Gasteiger partial charge on any atom is 0.249 e. The fraction of sp³-hybridized carbons (Fsp3) is 0.353. The van der Waals surface area contributed by atoms with Crippen molar-refractivity contribution in [3.8, 4) is 11.4 Å². The van der Waals surface area contributed by atoms with Gasteiger partial charge in [0.05, 0.1) is 6.26 Å². The van der Waals surface area contributed by atoms with E-state index in [0.717, 1.165) is 21.7 Å².